The summed E-state index contributed by atoms with van der Waals surface area (Å²) in [5.74, 6) is -0.0174. The van der Waals surface area contributed by atoms with Crippen LogP contribution in [0, 0.1) is 0 Å². The number of pyridine rings is 1. The van der Waals surface area contributed by atoms with Crippen molar-refractivity contribution in [2.45, 2.75) is 5.92 Å². The number of rotatable bonds is 3. The molecule has 2 heterocycles. The SMILES string of the molecule is O=C(Nc1c[nH]c2ccsc2c1=O)OCC1c2ccccc2-c2ccccc21. The van der Waals surface area contributed by atoms with Gasteiger partial charge >= 0.3 is 6.09 Å². The minimum absolute atomic E-state index is 0.0174. The standard InChI is InChI=1S/C22H16N2O3S/c25-20-19(11-23-18-9-10-28-21(18)20)24-22(26)27-12-17-15-7-3-1-5-13(15)14-6-2-4-8-16(14)17/h1-11,17H,12H2,(H,23,25)(H,24,26). The molecule has 0 fully saturated rings. The minimum Gasteiger partial charge on any atom is -0.448 e. The number of thiophene rings is 1. The van der Waals surface area contributed by atoms with Gasteiger partial charge in [0.25, 0.3) is 0 Å². The maximum Gasteiger partial charge on any atom is 0.411 e. The van der Waals surface area contributed by atoms with Crippen molar-refractivity contribution < 1.29 is 9.53 Å². The van der Waals surface area contributed by atoms with Gasteiger partial charge < -0.3 is 9.72 Å². The summed E-state index contributed by atoms with van der Waals surface area (Å²) < 4.78 is 6.07. The van der Waals surface area contributed by atoms with Crippen LogP contribution in [0.4, 0.5) is 10.5 Å². The molecule has 0 saturated heterocycles. The van der Waals surface area contributed by atoms with E-state index in [0.717, 1.165) is 16.6 Å². The molecule has 5 nitrogen and oxygen atoms in total. The quantitative estimate of drug-likeness (QED) is 0.522. The van der Waals surface area contributed by atoms with Crippen molar-refractivity contribution in [2.75, 3.05) is 11.9 Å². The number of aromatic amines is 1. The van der Waals surface area contributed by atoms with Crippen LogP contribution in [0.15, 0.2) is 71.0 Å². The number of hydrogen-bond acceptors (Lipinski definition) is 4. The van der Waals surface area contributed by atoms with Gasteiger partial charge in [0.15, 0.2) is 0 Å². The van der Waals surface area contributed by atoms with E-state index in [1.165, 1.54) is 28.7 Å². The fourth-order valence-corrected chi connectivity index (χ4v) is 4.58. The second-order valence-corrected chi connectivity index (χ2v) is 7.56. The molecular formula is C22H16N2O3S. The molecule has 1 aliphatic rings. The average Bonchev–Trinajstić information content (AvgIpc) is 3.32. The van der Waals surface area contributed by atoms with Gasteiger partial charge in [0.05, 0.1) is 5.52 Å². The lowest BCUT2D eigenvalue weighted by molar-refractivity contribution is 0.158. The molecule has 2 aromatic heterocycles. The second kappa shape index (κ2) is 6.65. The van der Waals surface area contributed by atoms with Crippen LogP contribution in [0.3, 0.4) is 0 Å². The molecule has 0 saturated carbocycles. The van der Waals surface area contributed by atoms with Crippen molar-refractivity contribution in [1.29, 1.82) is 0 Å². The fraction of sp³-hybridized carbons (Fsp3) is 0.0909. The Morgan fingerprint density at radius 1 is 1.04 bits per heavy atom. The van der Waals surface area contributed by atoms with Crippen molar-refractivity contribution in [2.24, 2.45) is 0 Å². The molecule has 2 aromatic carbocycles. The monoisotopic (exact) mass is 388 g/mol. The van der Waals surface area contributed by atoms with Gasteiger partial charge in [-0.2, -0.15) is 0 Å². The van der Waals surface area contributed by atoms with Crippen LogP contribution < -0.4 is 10.7 Å². The number of fused-ring (bicyclic) bond motifs is 4. The summed E-state index contributed by atoms with van der Waals surface area (Å²) in [5.41, 5.74) is 5.37. The topological polar surface area (TPSA) is 71.2 Å². The van der Waals surface area contributed by atoms with Crippen molar-refractivity contribution in [1.82, 2.24) is 4.98 Å². The molecular weight excluding hydrogens is 372 g/mol. The van der Waals surface area contributed by atoms with Gasteiger partial charge in [0.1, 0.15) is 17.0 Å². The summed E-state index contributed by atoms with van der Waals surface area (Å²) in [6.45, 7) is 0.207. The van der Waals surface area contributed by atoms with Gasteiger partial charge in [-0.1, -0.05) is 48.5 Å². The third-order valence-corrected chi connectivity index (χ3v) is 5.98. The molecule has 28 heavy (non-hydrogen) atoms. The fourth-order valence-electron chi connectivity index (χ4n) is 3.77. The third kappa shape index (κ3) is 2.70. The van der Waals surface area contributed by atoms with Crippen LogP contribution in [0.5, 0.6) is 0 Å². The predicted octanol–water partition coefficient (Wildman–Crippen LogP) is 4.95. The summed E-state index contributed by atoms with van der Waals surface area (Å²) in [6.07, 6.45) is 0.863. The largest absolute Gasteiger partial charge is 0.448 e. The zero-order valence-electron chi connectivity index (χ0n) is 14.8. The van der Waals surface area contributed by atoms with Gasteiger partial charge in [-0.3, -0.25) is 10.1 Å². The van der Waals surface area contributed by atoms with Crippen LogP contribution in [0.2, 0.25) is 0 Å². The maximum absolute atomic E-state index is 12.4. The molecule has 6 heteroatoms. The summed E-state index contributed by atoms with van der Waals surface area (Å²) in [6, 6.07) is 18.2. The van der Waals surface area contributed by atoms with Crippen LogP contribution in [-0.4, -0.2) is 17.7 Å². The zero-order chi connectivity index (χ0) is 19.1. The Balaban J connectivity index is 1.35. The number of nitrogens with one attached hydrogen (secondary N) is 2. The number of H-pyrrole nitrogens is 1. The number of carbonyl (C=O) groups is 1. The van der Waals surface area contributed by atoms with Crippen molar-refractivity contribution in [3.05, 3.63) is 87.5 Å². The van der Waals surface area contributed by atoms with Gasteiger partial charge in [-0.05, 0) is 33.7 Å². The number of ether oxygens (including phenoxy) is 1. The molecule has 0 bridgehead atoms. The number of amides is 1. The molecule has 4 aromatic rings. The summed E-state index contributed by atoms with van der Waals surface area (Å²) >= 11 is 1.34. The first-order valence-electron chi connectivity index (χ1n) is 8.93. The van der Waals surface area contributed by atoms with Gasteiger partial charge in [0, 0.05) is 12.1 Å². The highest BCUT2D eigenvalue weighted by atomic mass is 32.1. The molecule has 0 aliphatic heterocycles. The molecule has 0 radical (unpaired) electrons. The summed E-state index contributed by atoms with van der Waals surface area (Å²) in [4.78, 5) is 27.8. The molecule has 1 aliphatic carbocycles. The Hall–Kier alpha value is -3.38. The minimum atomic E-state index is -0.636. The van der Waals surface area contributed by atoms with Crippen molar-refractivity contribution in [3.63, 3.8) is 0 Å². The highest BCUT2D eigenvalue weighted by Crippen LogP contribution is 2.44. The Morgan fingerprint density at radius 2 is 1.71 bits per heavy atom. The van der Waals surface area contributed by atoms with Crippen molar-refractivity contribution in [3.8, 4) is 11.1 Å². The van der Waals surface area contributed by atoms with E-state index >= 15 is 0 Å². The Bertz CT molecular complexity index is 1210. The maximum atomic E-state index is 12.4. The molecule has 0 spiro atoms. The van der Waals surface area contributed by atoms with Crippen LogP contribution in [-0.2, 0) is 4.74 Å². The van der Waals surface area contributed by atoms with Gasteiger partial charge in [-0.25, -0.2) is 4.79 Å². The Labute approximate surface area is 164 Å². The average molecular weight is 388 g/mol. The van der Waals surface area contributed by atoms with E-state index in [1.54, 1.807) is 0 Å². The van der Waals surface area contributed by atoms with E-state index in [2.05, 4.69) is 34.6 Å². The zero-order valence-corrected chi connectivity index (χ0v) is 15.6. The van der Waals surface area contributed by atoms with E-state index in [-0.39, 0.29) is 23.6 Å². The lowest BCUT2D eigenvalue weighted by atomic mass is 9.98. The number of hydrogen-bond donors (Lipinski definition) is 2. The number of aromatic nitrogens is 1. The molecule has 5 rings (SSSR count). The normalized spacial score (nSPS) is 12.6. The van der Waals surface area contributed by atoms with E-state index < -0.39 is 6.09 Å². The lowest BCUT2D eigenvalue weighted by Crippen LogP contribution is -2.21. The smallest absolute Gasteiger partial charge is 0.411 e. The number of carbonyl (C=O) groups excluding carboxylic acids is 1. The van der Waals surface area contributed by atoms with E-state index in [9.17, 15) is 9.59 Å². The Morgan fingerprint density at radius 3 is 2.43 bits per heavy atom. The van der Waals surface area contributed by atoms with E-state index in [4.69, 9.17) is 4.74 Å². The lowest BCUT2D eigenvalue weighted by Gasteiger charge is -2.14. The summed E-state index contributed by atoms with van der Waals surface area (Å²) in [7, 11) is 0. The second-order valence-electron chi connectivity index (χ2n) is 6.65. The molecule has 138 valence electrons. The van der Waals surface area contributed by atoms with Gasteiger partial charge in [-0.15, -0.1) is 11.3 Å². The van der Waals surface area contributed by atoms with Crippen molar-refractivity contribution >= 4 is 33.3 Å². The first-order valence-corrected chi connectivity index (χ1v) is 9.81. The predicted molar refractivity (Wildman–Crippen MR) is 111 cm³/mol. The molecule has 0 unspecified atom stereocenters. The van der Waals surface area contributed by atoms with E-state index in [1.807, 2.05) is 35.7 Å². The first kappa shape index (κ1) is 16.8. The third-order valence-electron chi connectivity index (χ3n) is 5.07. The Kier molecular flexibility index (Phi) is 3.98. The molecule has 0 atom stereocenters. The van der Waals surface area contributed by atoms with Crippen LogP contribution in [0.1, 0.15) is 17.0 Å². The highest BCUT2D eigenvalue weighted by Gasteiger charge is 2.29. The van der Waals surface area contributed by atoms with Gasteiger partial charge in [0.2, 0.25) is 5.43 Å². The molecule has 1 amide bonds. The van der Waals surface area contributed by atoms with Crippen LogP contribution in [0.25, 0.3) is 21.3 Å². The number of benzene rings is 2. The summed E-state index contributed by atoms with van der Waals surface area (Å²) in [5, 5.41) is 4.40. The molecule has 2 N–H and O–H groups in total. The van der Waals surface area contributed by atoms with E-state index in [0.29, 0.717) is 4.70 Å². The van der Waals surface area contributed by atoms with Crippen LogP contribution >= 0.6 is 11.3 Å². The first-order chi connectivity index (χ1) is 13.7. The number of anilines is 1. The highest BCUT2D eigenvalue weighted by molar-refractivity contribution is 7.17.